The fourth-order valence-corrected chi connectivity index (χ4v) is 2.49. The maximum Gasteiger partial charge on any atom is 0.161 e. The molecule has 3 rings (SSSR count). The van der Waals surface area contributed by atoms with E-state index in [9.17, 15) is 0 Å². The van der Waals surface area contributed by atoms with E-state index in [2.05, 4.69) is 10.2 Å². The molecule has 2 nitrogen and oxygen atoms in total. The molecule has 18 heavy (non-hydrogen) atoms. The first kappa shape index (κ1) is 11.5. The van der Waals surface area contributed by atoms with Gasteiger partial charge in [0.1, 0.15) is 5.69 Å². The van der Waals surface area contributed by atoms with Gasteiger partial charge in [0, 0.05) is 16.3 Å². The van der Waals surface area contributed by atoms with E-state index >= 15 is 0 Å². The lowest BCUT2D eigenvalue weighted by molar-refractivity contribution is 1.06. The minimum absolute atomic E-state index is 0.329. The summed E-state index contributed by atoms with van der Waals surface area (Å²) in [4.78, 5) is 0. The molecule has 0 unspecified atom stereocenters. The lowest BCUT2D eigenvalue weighted by Crippen LogP contribution is -1.91. The number of benzene rings is 2. The molecule has 0 aliphatic rings. The van der Waals surface area contributed by atoms with Crippen LogP contribution in [0.15, 0.2) is 48.5 Å². The SMILES string of the molecule is Clc1cccc2c(-c3ccccc3)nnc(Cl)c12. The summed E-state index contributed by atoms with van der Waals surface area (Å²) in [5.41, 5.74) is 1.78. The van der Waals surface area contributed by atoms with E-state index in [1.165, 1.54) is 0 Å². The second kappa shape index (κ2) is 4.56. The Hall–Kier alpha value is -1.64. The lowest BCUT2D eigenvalue weighted by Gasteiger charge is -2.07. The Bertz CT molecular complexity index is 703. The normalized spacial score (nSPS) is 10.8. The highest BCUT2D eigenvalue weighted by atomic mass is 35.5. The number of rotatable bonds is 1. The van der Waals surface area contributed by atoms with Crippen LogP contribution in [0.25, 0.3) is 22.0 Å². The van der Waals surface area contributed by atoms with Crippen LogP contribution < -0.4 is 0 Å². The zero-order valence-corrected chi connectivity index (χ0v) is 10.8. The third kappa shape index (κ3) is 1.84. The van der Waals surface area contributed by atoms with Crippen molar-refractivity contribution in [3.8, 4) is 11.3 Å². The quantitative estimate of drug-likeness (QED) is 0.648. The predicted octanol–water partition coefficient (Wildman–Crippen LogP) is 4.60. The first-order valence-electron chi connectivity index (χ1n) is 5.43. The predicted molar refractivity (Wildman–Crippen MR) is 75.0 cm³/mol. The van der Waals surface area contributed by atoms with E-state index < -0.39 is 0 Å². The highest BCUT2D eigenvalue weighted by Gasteiger charge is 2.11. The smallest absolute Gasteiger partial charge is 0.148 e. The van der Waals surface area contributed by atoms with Gasteiger partial charge in [-0.2, -0.15) is 0 Å². The minimum Gasteiger partial charge on any atom is -0.148 e. The summed E-state index contributed by atoms with van der Waals surface area (Å²) < 4.78 is 0. The van der Waals surface area contributed by atoms with Crippen LogP contribution in [0, 0.1) is 0 Å². The number of hydrogen-bond acceptors (Lipinski definition) is 2. The van der Waals surface area contributed by atoms with E-state index in [0.717, 1.165) is 22.0 Å². The van der Waals surface area contributed by atoms with Crippen LogP contribution in [0.2, 0.25) is 10.2 Å². The molecule has 4 heteroatoms. The molecule has 0 aliphatic heterocycles. The van der Waals surface area contributed by atoms with E-state index in [-0.39, 0.29) is 0 Å². The molecule has 0 radical (unpaired) electrons. The summed E-state index contributed by atoms with van der Waals surface area (Å²) in [5, 5.41) is 10.7. The fraction of sp³-hybridized carbons (Fsp3) is 0. The molecule has 0 fully saturated rings. The van der Waals surface area contributed by atoms with E-state index in [4.69, 9.17) is 23.2 Å². The number of aromatic nitrogens is 2. The van der Waals surface area contributed by atoms with Gasteiger partial charge in [0.15, 0.2) is 5.15 Å². The third-order valence-electron chi connectivity index (χ3n) is 2.76. The van der Waals surface area contributed by atoms with Gasteiger partial charge in [0.05, 0.1) is 5.02 Å². The van der Waals surface area contributed by atoms with Gasteiger partial charge in [-0.15, -0.1) is 10.2 Å². The Morgan fingerprint density at radius 1 is 0.778 bits per heavy atom. The molecule has 0 amide bonds. The van der Waals surface area contributed by atoms with Crippen LogP contribution in [0.5, 0.6) is 0 Å². The van der Waals surface area contributed by atoms with Gasteiger partial charge in [-0.05, 0) is 6.07 Å². The average molecular weight is 275 g/mol. The van der Waals surface area contributed by atoms with Crippen LogP contribution in [0.3, 0.4) is 0 Å². The van der Waals surface area contributed by atoms with Crippen molar-refractivity contribution in [2.45, 2.75) is 0 Å². The molecular formula is C14H8Cl2N2. The zero-order chi connectivity index (χ0) is 12.5. The molecule has 0 saturated heterocycles. The maximum absolute atomic E-state index is 6.17. The minimum atomic E-state index is 0.329. The van der Waals surface area contributed by atoms with Crippen LogP contribution >= 0.6 is 23.2 Å². The first-order valence-corrected chi connectivity index (χ1v) is 6.19. The van der Waals surface area contributed by atoms with Crippen molar-refractivity contribution < 1.29 is 0 Å². The van der Waals surface area contributed by atoms with Crippen molar-refractivity contribution >= 4 is 34.0 Å². The Kier molecular flexibility index (Phi) is 2.90. The molecular weight excluding hydrogens is 267 g/mol. The van der Waals surface area contributed by atoms with Gasteiger partial charge in [0.25, 0.3) is 0 Å². The molecule has 0 aliphatic carbocycles. The molecule has 88 valence electrons. The fourth-order valence-electron chi connectivity index (χ4n) is 1.94. The van der Waals surface area contributed by atoms with Gasteiger partial charge >= 0.3 is 0 Å². The van der Waals surface area contributed by atoms with E-state index in [0.29, 0.717) is 10.2 Å². The largest absolute Gasteiger partial charge is 0.161 e. The maximum atomic E-state index is 6.17. The standard InChI is InChI=1S/C14H8Cl2N2/c15-11-8-4-7-10-12(11)14(16)18-17-13(10)9-5-2-1-3-6-9/h1-8H. The molecule has 0 N–H and O–H groups in total. The molecule has 3 aromatic rings. The van der Waals surface area contributed by atoms with Crippen LogP contribution in [-0.2, 0) is 0 Å². The van der Waals surface area contributed by atoms with Crippen LogP contribution in [-0.4, -0.2) is 10.2 Å². The van der Waals surface area contributed by atoms with Gasteiger partial charge in [-0.25, -0.2) is 0 Å². The van der Waals surface area contributed by atoms with Crippen LogP contribution in [0.4, 0.5) is 0 Å². The molecule has 1 aromatic heterocycles. The average Bonchev–Trinajstić information content (AvgIpc) is 2.40. The molecule has 1 heterocycles. The Labute approximate surface area is 114 Å². The Balaban J connectivity index is 2.39. The lowest BCUT2D eigenvalue weighted by atomic mass is 10.1. The number of fused-ring (bicyclic) bond motifs is 1. The van der Waals surface area contributed by atoms with Gasteiger partial charge < -0.3 is 0 Å². The molecule has 0 bridgehead atoms. The Morgan fingerprint density at radius 2 is 1.56 bits per heavy atom. The summed E-state index contributed by atoms with van der Waals surface area (Å²) in [6.07, 6.45) is 0. The number of hydrogen-bond donors (Lipinski definition) is 0. The summed E-state index contributed by atoms with van der Waals surface area (Å²) in [7, 11) is 0. The van der Waals surface area contributed by atoms with Gasteiger partial charge in [-0.3, -0.25) is 0 Å². The van der Waals surface area contributed by atoms with E-state index in [1.54, 1.807) is 6.07 Å². The first-order chi connectivity index (χ1) is 8.77. The third-order valence-corrected chi connectivity index (χ3v) is 3.34. The molecule has 2 aromatic carbocycles. The van der Waals surface area contributed by atoms with Gasteiger partial charge in [0.2, 0.25) is 0 Å². The molecule has 0 atom stereocenters. The van der Waals surface area contributed by atoms with Crippen molar-refractivity contribution in [3.63, 3.8) is 0 Å². The molecule has 0 spiro atoms. The highest BCUT2D eigenvalue weighted by Crippen LogP contribution is 2.33. The summed E-state index contributed by atoms with van der Waals surface area (Å²) in [5.74, 6) is 0. The van der Waals surface area contributed by atoms with Crippen molar-refractivity contribution in [1.82, 2.24) is 10.2 Å². The second-order valence-electron chi connectivity index (χ2n) is 3.87. The van der Waals surface area contributed by atoms with Crippen molar-refractivity contribution in [3.05, 3.63) is 58.7 Å². The number of nitrogens with zero attached hydrogens (tertiary/aromatic N) is 2. The summed E-state index contributed by atoms with van der Waals surface area (Å²) >= 11 is 12.2. The van der Waals surface area contributed by atoms with Crippen molar-refractivity contribution in [2.75, 3.05) is 0 Å². The van der Waals surface area contributed by atoms with Gasteiger partial charge in [-0.1, -0.05) is 65.7 Å². The van der Waals surface area contributed by atoms with Crippen molar-refractivity contribution in [2.24, 2.45) is 0 Å². The van der Waals surface area contributed by atoms with Crippen molar-refractivity contribution in [1.29, 1.82) is 0 Å². The second-order valence-corrected chi connectivity index (χ2v) is 4.63. The summed E-state index contributed by atoms with van der Waals surface area (Å²) in [6, 6.07) is 15.5. The topological polar surface area (TPSA) is 25.8 Å². The zero-order valence-electron chi connectivity index (χ0n) is 9.27. The summed E-state index contributed by atoms with van der Waals surface area (Å²) in [6.45, 7) is 0. The molecule has 0 saturated carbocycles. The van der Waals surface area contributed by atoms with Crippen LogP contribution in [0.1, 0.15) is 0 Å². The number of halogens is 2. The van der Waals surface area contributed by atoms with E-state index in [1.807, 2.05) is 42.5 Å². The monoisotopic (exact) mass is 274 g/mol. The highest BCUT2D eigenvalue weighted by molar-refractivity contribution is 6.41. The Morgan fingerprint density at radius 3 is 2.33 bits per heavy atom.